The fraction of sp³-hybridized carbons (Fsp3) is 0.942. The van der Waals surface area contributed by atoms with Gasteiger partial charge >= 0.3 is 17.9 Å². The van der Waals surface area contributed by atoms with Crippen molar-refractivity contribution < 1.29 is 28.6 Å². The summed E-state index contributed by atoms with van der Waals surface area (Å²) in [4.78, 5) is 37.9. The van der Waals surface area contributed by atoms with Crippen molar-refractivity contribution in [3.63, 3.8) is 0 Å². The SMILES string of the molecule is CCCCCCCCCCCCCCC(=O)OC[C@@H](COC(=O)CCCCCCCCCCCCCCCCC(C)C)OC(=O)CCCCCCCCCCCCC. The van der Waals surface area contributed by atoms with Crippen LogP contribution in [0.2, 0.25) is 0 Å². The number of hydrogen-bond donors (Lipinski definition) is 0. The van der Waals surface area contributed by atoms with Crippen LogP contribution in [0.15, 0.2) is 0 Å². The van der Waals surface area contributed by atoms with Crippen molar-refractivity contribution in [1.29, 1.82) is 0 Å². The molecule has 0 rings (SSSR count). The number of carbonyl (C=O) groups is 3. The summed E-state index contributed by atoms with van der Waals surface area (Å²) >= 11 is 0. The van der Waals surface area contributed by atoms with Crippen LogP contribution in [0.1, 0.15) is 291 Å². The number of rotatable bonds is 47. The third-order valence-electron chi connectivity index (χ3n) is 11.8. The zero-order valence-electron chi connectivity index (χ0n) is 39.5. The highest BCUT2D eigenvalue weighted by molar-refractivity contribution is 5.71. The van der Waals surface area contributed by atoms with Gasteiger partial charge in [0, 0.05) is 19.3 Å². The number of esters is 3. The van der Waals surface area contributed by atoms with Gasteiger partial charge in [0.05, 0.1) is 0 Å². The lowest BCUT2D eigenvalue weighted by molar-refractivity contribution is -0.167. The molecule has 0 aliphatic heterocycles. The van der Waals surface area contributed by atoms with Gasteiger partial charge in [-0.2, -0.15) is 0 Å². The maximum Gasteiger partial charge on any atom is 0.306 e. The molecule has 0 bridgehead atoms. The predicted molar refractivity (Wildman–Crippen MR) is 247 cm³/mol. The van der Waals surface area contributed by atoms with Crippen molar-refractivity contribution >= 4 is 17.9 Å². The summed E-state index contributed by atoms with van der Waals surface area (Å²) in [5.41, 5.74) is 0. The molecule has 344 valence electrons. The highest BCUT2D eigenvalue weighted by atomic mass is 16.6. The summed E-state index contributed by atoms with van der Waals surface area (Å²) in [6.45, 7) is 9.03. The predicted octanol–water partition coefficient (Wildman–Crippen LogP) is 16.7. The number of hydrogen-bond acceptors (Lipinski definition) is 6. The molecule has 0 saturated carbocycles. The zero-order chi connectivity index (χ0) is 42.4. The summed E-state index contributed by atoms with van der Waals surface area (Å²) < 4.78 is 16.8. The molecule has 0 heterocycles. The first-order valence-corrected chi connectivity index (χ1v) is 25.9. The molecular weight excluding hydrogens is 721 g/mol. The van der Waals surface area contributed by atoms with Crippen LogP contribution in [0.5, 0.6) is 0 Å². The maximum atomic E-state index is 12.7. The van der Waals surface area contributed by atoms with Crippen molar-refractivity contribution in [3.05, 3.63) is 0 Å². The molecule has 0 fully saturated rings. The van der Waals surface area contributed by atoms with Crippen LogP contribution in [0.3, 0.4) is 0 Å². The largest absolute Gasteiger partial charge is 0.462 e. The van der Waals surface area contributed by atoms with E-state index in [0.717, 1.165) is 63.7 Å². The van der Waals surface area contributed by atoms with E-state index < -0.39 is 6.10 Å². The van der Waals surface area contributed by atoms with Gasteiger partial charge in [0.1, 0.15) is 13.2 Å². The van der Waals surface area contributed by atoms with Gasteiger partial charge in [0.15, 0.2) is 6.10 Å². The number of unbranched alkanes of at least 4 members (excludes halogenated alkanes) is 34. The van der Waals surface area contributed by atoms with Crippen molar-refractivity contribution in [2.75, 3.05) is 13.2 Å². The van der Waals surface area contributed by atoms with Crippen LogP contribution < -0.4 is 0 Å². The van der Waals surface area contributed by atoms with Crippen molar-refractivity contribution in [3.8, 4) is 0 Å². The van der Waals surface area contributed by atoms with E-state index in [1.165, 1.54) is 186 Å². The molecule has 0 spiro atoms. The Hall–Kier alpha value is -1.59. The lowest BCUT2D eigenvalue weighted by atomic mass is 10.0. The molecular formula is C52H100O6. The molecule has 0 aromatic rings. The molecule has 0 aliphatic rings. The fourth-order valence-electron chi connectivity index (χ4n) is 7.86. The van der Waals surface area contributed by atoms with Gasteiger partial charge in [0.2, 0.25) is 0 Å². The Labute approximate surface area is 361 Å². The first-order chi connectivity index (χ1) is 28.4. The minimum Gasteiger partial charge on any atom is -0.462 e. The third kappa shape index (κ3) is 45.5. The molecule has 0 saturated heterocycles. The normalized spacial score (nSPS) is 11.9. The van der Waals surface area contributed by atoms with Gasteiger partial charge in [-0.05, 0) is 25.2 Å². The minimum absolute atomic E-state index is 0.0627. The van der Waals surface area contributed by atoms with Crippen LogP contribution in [0, 0.1) is 5.92 Å². The van der Waals surface area contributed by atoms with Crippen LogP contribution in [-0.2, 0) is 28.6 Å². The van der Waals surface area contributed by atoms with Gasteiger partial charge in [-0.25, -0.2) is 0 Å². The van der Waals surface area contributed by atoms with E-state index in [1.807, 2.05) is 0 Å². The molecule has 0 aliphatic carbocycles. The highest BCUT2D eigenvalue weighted by Crippen LogP contribution is 2.17. The average molecular weight is 821 g/mol. The summed E-state index contributed by atoms with van der Waals surface area (Å²) in [6.07, 6.45) is 48.0. The van der Waals surface area contributed by atoms with Crippen LogP contribution >= 0.6 is 0 Å². The topological polar surface area (TPSA) is 78.9 Å². The second-order valence-corrected chi connectivity index (χ2v) is 18.3. The maximum absolute atomic E-state index is 12.7. The minimum atomic E-state index is -0.759. The van der Waals surface area contributed by atoms with Crippen molar-refractivity contribution in [2.24, 2.45) is 5.92 Å². The molecule has 6 nitrogen and oxygen atoms in total. The third-order valence-corrected chi connectivity index (χ3v) is 11.8. The van der Waals surface area contributed by atoms with E-state index in [1.54, 1.807) is 0 Å². The molecule has 0 amide bonds. The first-order valence-electron chi connectivity index (χ1n) is 25.9. The number of ether oxygens (including phenoxy) is 3. The fourth-order valence-corrected chi connectivity index (χ4v) is 7.86. The van der Waals surface area contributed by atoms with Gasteiger partial charge in [-0.3, -0.25) is 14.4 Å². The van der Waals surface area contributed by atoms with Gasteiger partial charge < -0.3 is 14.2 Å². The van der Waals surface area contributed by atoms with Gasteiger partial charge in [-0.1, -0.05) is 252 Å². The molecule has 6 heteroatoms. The van der Waals surface area contributed by atoms with Crippen LogP contribution in [-0.4, -0.2) is 37.2 Å². The van der Waals surface area contributed by atoms with E-state index in [0.29, 0.717) is 19.3 Å². The van der Waals surface area contributed by atoms with Crippen molar-refractivity contribution in [2.45, 2.75) is 297 Å². The Morgan fingerprint density at radius 3 is 0.845 bits per heavy atom. The zero-order valence-corrected chi connectivity index (χ0v) is 39.5. The smallest absolute Gasteiger partial charge is 0.306 e. The Morgan fingerprint density at radius 2 is 0.569 bits per heavy atom. The lowest BCUT2D eigenvalue weighted by Gasteiger charge is -2.18. The lowest BCUT2D eigenvalue weighted by Crippen LogP contribution is -2.30. The van der Waals surface area contributed by atoms with E-state index in [4.69, 9.17) is 14.2 Å². The van der Waals surface area contributed by atoms with Crippen LogP contribution in [0.25, 0.3) is 0 Å². The number of carbonyl (C=O) groups excluding carboxylic acids is 3. The van der Waals surface area contributed by atoms with Gasteiger partial charge in [0.25, 0.3) is 0 Å². The van der Waals surface area contributed by atoms with E-state index >= 15 is 0 Å². The summed E-state index contributed by atoms with van der Waals surface area (Å²) in [5.74, 6) is 0.0000314. The Balaban J connectivity index is 4.26. The Kier molecular flexibility index (Phi) is 45.2. The van der Waals surface area contributed by atoms with E-state index in [9.17, 15) is 14.4 Å². The summed E-state index contributed by atoms with van der Waals surface area (Å²) in [6, 6.07) is 0. The molecule has 0 N–H and O–H groups in total. The quantitative estimate of drug-likeness (QED) is 0.0346. The summed E-state index contributed by atoms with van der Waals surface area (Å²) in [7, 11) is 0. The molecule has 0 aromatic heterocycles. The monoisotopic (exact) mass is 821 g/mol. The molecule has 0 radical (unpaired) electrons. The average Bonchev–Trinajstić information content (AvgIpc) is 3.21. The standard InChI is InChI=1S/C52H100O6/c1-5-7-9-11-13-15-17-24-27-31-35-39-43-50(53)56-46-49(58-52(55)45-41-37-33-29-22-16-14-12-10-8-6-2)47-57-51(54)44-40-36-32-28-25-21-19-18-20-23-26-30-34-38-42-48(3)4/h48-49H,5-47H2,1-4H3/t49-/m0/s1. The Morgan fingerprint density at radius 1 is 0.328 bits per heavy atom. The van der Waals surface area contributed by atoms with E-state index in [-0.39, 0.29) is 31.1 Å². The second-order valence-electron chi connectivity index (χ2n) is 18.3. The second kappa shape index (κ2) is 46.5. The molecule has 0 aromatic carbocycles. The van der Waals surface area contributed by atoms with Gasteiger partial charge in [-0.15, -0.1) is 0 Å². The molecule has 1 atom stereocenters. The summed E-state index contributed by atoms with van der Waals surface area (Å²) in [5, 5.41) is 0. The van der Waals surface area contributed by atoms with Crippen LogP contribution in [0.4, 0.5) is 0 Å². The first kappa shape index (κ1) is 56.4. The Bertz CT molecular complexity index is 872. The van der Waals surface area contributed by atoms with E-state index in [2.05, 4.69) is 27.7 Å². The molecule has 58 heavy (non-hydrogen) atoms. The van der Waals surface area contributed by atoms with Crippen molar-refractivity contribution in [1.82, 2.24) is 0 Å². The highest BCUT2D eigenvalue weighted by Gasteiger charge is 2.19. The molecule has 0 unspecified atom stereocenters.